The van der Waals surface area contributed by atoms with Gasteiger partial charge < -0.3 is 9.69 Å². The number of hydrogen-bond donors (Lipinski definition) is 0. The molecule has 1 aromatic carbocycles. The van der Waals surface area contributed by atoms with Crippen LogP contribution in [-0.4, -0.2) is 30.2 Å². The Morgan fingerprint density at radius 3 is 2.78 bits per heavy atom. The summed E-state index contributed by atoms with van der Waals surface area (Å²) in [5.41, 5.74) is 0.956. The van der Waals surface area contributed by atoms with E-state index < -0.39 is 0 Å². The first-order chi connectivity index (χ1) is 8.69. The van der Waals surface area contributed by atoms with Crippen LogP contribution >= 0.6 is 11.6 Å². The minimum absolute atomic E-state index is 0.00733. The Kier molecular flexibility index (Phi) is 4.37. The Labute approximate surface area is 112 Å². The molecule has 1 unspecified atom stereocenters. The average Bonchev–Trinajstić information content (AvgIpc) is 2.41. The van der Waals surface area contributed by atoms with Gasteiger partial charge in [-0.2, -0.15) is 0 Å². The maximum absolute atomic E-state index is 12.1. The first kappa shape index (κ1) is 13.1. The highest BCUT2D eigenvalue weighted by atomic mass is 35.5. The summed E-state index contributed by atoms with van der Waals surface area (Å²) in [6.07, 6.45) is 3.15. The van der Waals surface area contributed by atoms with Crippen LogP contribution in [0.5, 0.6) is 0 Å². The second-order valence-electron chi connectivity index (χ2n) is 4.68. The first-order valence-corrected chi connectivity index (χ1v) is 6.54. The SMILES string of the molecule is O=CC1CCCN(C(=O)Cc2ccc(Cl)cc2)C1. The van der Waals surface area contributed by atoms with Gasteiger partial charge in [-0.15, -0.1) is 0 Å². The molecule has 1 aromatic rings. The summed E-state index contributed by atoms with van der Waals surface area (Å²) in [6, 6.07) is 7.30. The number of benzene rings is 1. The van der Waals surface area contributed by atoms with Crippen molar-refractivity contribution in [3.05, 3.63) is 34.9 Å². The molecule has 1 fully saturated rings. The third-order valence-electron chi connectivity index (χ3n) is 3.27. The number of likely N-dealkylation sites (tertiary alicyclic amines) is 1. The molecule has 0 saturated carbocycles. The molecule has 0 aliphatic carbocycles. The third kappa shape index (κ3) is 3.33. The quantitative estimate of drug-likeness (QED) is 0.787. The lowest BCUT2D eigenvalue weighted by atomic mass is 9.99. The molecule has 0 bridgehead atoms. The molecule has 0 radical (unpaired) electrons. The summed E-state index contributed by atoms with van der Waals surface area (Å²) in [6.45, 7) is 1.33. The molecule has 4 heteroatoms. The molecule has 1 saturated heterocycles. The van der Waals surface area contributed by atoms with Crippen LogP contribution in [-0.2, 0) is 16.0 Å². The summed E-state index contributed by atoms with van der Waals surface area (Å²) in [7, 11) is 0. The number of carbonyl (C=O) groups excluding carboxylic acids is 2. The third-order valence-corrected chi connectivity index (χ3v) is 3.52. The highest BCUT2D eigenvalue weighted by molar-refractivity contribution is 6.30. The monoisotopic (exact) mass is 265 g/mol. The van der Waals surface area contributed by atoms with Crippen molar-refractivity contribution in [1.82, 2.24) is 4.90 Å². The molecule has 18 heavy (non-hydrogen) atoms. The zero-order valence-corrected chi connectivity index (χ0v) is 10.9. The van der Waals surface area contributed by atoms with Crippen LogP contribution in [0.3, 0.4) is 0 Å². The van der Waals surface area contributed by atoms with Gasteiger partial charge in [0.2, 0.25) is 5.91 Å². The van der Waals surface area contributed by atoms with Crippen LogP contribution in [0.15, 0.2) is 24.3 Å². The zero-order chi connectivity index (χ0) is 13.0. The molecule has 1 atom stereocenters. The van der Waals surface area contributed by atoms with Crippen molar-refractivity contribution in [2.75, 3.05) is 13.1 Å². The summed E-state index contributed by atoms with van der Waals surface area (Å²) in [4.78, 5) is 24.7. The Morgan fingerprint density at radius 2 is 2.11 bits per heavy atom. The number of piperidine rings is 1. The van der Waals surface area contributed by atoms with Gasteiger partial charge in [-0.3, -0.25) is 4.79 Å². The smallest absolute Gasteiger partial charge is 0.227 e. The Bertz CT molecular complexity index is 430. The number of nitrogens with zero attached hydrogens (tertiary/aromatic N) is 1. The number of hydrogen-bond acceptors (Lipinski definition) is 2. The van der Waals surface area contributed by atoms with Gasteiger partial charge in [0.15, 0.2) is 0 Å². The predicted octanol–water partition coefficient (Wildman–Crippen LogP) is 2.32. The van der Waals surface area contributed by atoms with E-state index in [0.717, 1.165) is 31.2 Å². The van der Waals surface area contributed by atoms with Gasteiger partial charge in [0.25, 0.3) is 0 Å². The number of amides is 1. The van der Waals surface area contributed by atoms with Crippen LogP contribution in [0.2, 0.25) is 5.02 Å². The van der Waals surface area contributed by atoms with Crippen molar-refractivity contribution in [2.45, 2.75) is 19.3 Å². The number of carbonyl (C=O) groups is 2. The van der Waals surface area contributed by atoms with Gasteiger partial charge in [-0.1, -0.05) is 23.7 Å². The van der Waals surface area contributed by atoms with E-state index in [0.29, 0.717) is 18.0 Å². The van der Waals surface area contributed by atoms with E-state index in [1.54, 1.807) is 17.0 Å². The van der Waals surface area contributed by atoms with Crippen LogP contribution in [0.4, 0.5) is 0 Å². The van der Waals surface area contributed by atoms with Crippen molar-refractivity contribution in [2.24, 2.45) is 5.92 Å². The van der Waals surface area contributed by atoms with Crippen LogP contribution in [0.1, 0.15) is 18.4 Å². The minimum Gasteiger partial charge on any atom is -0.342 e. The second-order valence-corrected chi connectivity index (χ2v) is 5.12. The van der Waals surface area contributed by atoms with E-state index in [1.165, 1.54) is 0 Å². The van der Waals surface area contributed by atoms with E-state index >= 15 is 0 Å². The van der Waals surface area contributed by atoms with Gasteiger partial charge in [-0.05, 0) is 30.5 Å². The van der Waals surface area contributed by atoms with Crippen molar-refractivity contribution in [3.63, 3.8) is 0 Å². The second kappa shape index (κ2) is 6.01. The molecule has 1 aliphatic heterocycles. The fourth-order valence-electron chi connectivity index (χ4n) is 2.24. The Hall–Kier alpha value is -1.35. The number of rotatable bonds is 3. The molecule has 1 heterocycles. The number of halogens is 1. The first-order valence-electron chi connectivity index (χ1n) is 6.16. The molecule has 2 rings (SSSR count). The molecule has 0 spiro atoms. The molecule has 1 aliphatic rings. The Balaban J connectivity index is 1.95. The van der Waals surface area contributed by atoms with E-state index in [-0.39, 0.29) is 11.8 Å². The molecular weight excluding hydrogens is 250 g/mol. The molecule has 96 valence electrons. The molecule has 0 N–H and O–H groups in total. The van der Waals surface area contributed by atoms with E-state index in [9.17, 15) is 9.59 Å². The maximum Gasteiger partial charge on any atom is 0.227 e. The van der Waals surface area contributed by atoms with Gasteiger partial charge >= 0.3 is 0 Å². The van der Waals surface area contributed by atoms with Gasteiger partial charge in [0, 0.05) is 24.0 Å². The summed E-state index contributed by atoms with van der Waals surface area (Å²) >= 11 is 5.80. The predicted molar refractivity (Wildman–Crippen MR) is 70.5 cm³/mol. The van der Waals surface area contributed by atoms with Crippen LogP contribution < -0.4 is 0 Å². The Morgan fingerprint density at radius 1 is 1.39 bits per heavy atom. The van der Waals surface area contributed by atoms with E-state index in [4.69, 9.17) is 11.6 Å². The normalized spacial score (nSPS) is 19.6. The molecular formula is C14H16ClNO2. The largest absolute Gasteiger partial charge is 0.342 e. The molecule has 3 nitrogen and oxygen atoms in total. The van der Waals surface area contributed by atoms with E-state index in [1.807, 2.05) is 12.1 Å². The minimum atomic E-state index is 0.00733. The molecule has 1 amide bonds. The lowest BCUT2D eigenvalue weighted by molar-refractivity contribution is -0.132. The van der Waals surface area contributed by atoms with Crippen molar-refractivity contribution >= 4 is 23.8 Å². The number of aldehydes is 1. The summed E-state index contributed by atoms with van der Waals surface area (Å²) in [5, 5.41) is 0.671. The topological polar surface area (TPSA) is 37.4 Å². The van der Waals surface area contributed by atoms with Gasteiger partial charge in [0.05, 0.1) is 6.42 Å². The lowest BCUT2D eigenvalue weighted by Crippen LogP contribution is -2.41. The molecule has 0 aromatic heterocycles. The highest BCUT2D eigenvalue weighted by Gasteiger charge is 2.22. The summed E-state index contributed by atoms with van der Waals surface area (Å²) < 4.78 is 0. The van der Waals surface area contributed by atoms with Crippen molar-refractivity contribution < 1.29 is 9.59 Å². The van der Waals surface area contributed by atoms with Crippen LogP contribution in [0.25, 0.3) is 0 Å². The van der Waals surface area contributed by atoms with Crippen molar-refractivity contribution in [3.8, 4) is 0 Å². The van der Waals surface area contributed by atoms with Crippen LogP contribution in [0, 0.1) is 5.92 Å². The highest BCUT2D eigenvalue weighted by Crippen LogP contribution is 2.16. The fourth-order valence-corrected chi connectivity index (χ4v) is 2.36. The van der Waals surface area contributed by atoms with Gasteiger partial charge in [-0.25, -0.2) is 0 Å². The standard InChI is InChI=1S/C14H16ClNO2/c15-13-5-3-11(4-6-13)8-14(18)16-7-1-2-12(9-16)10-17/h3-6,10,12H,1-2,7-9H2. The zero-order valence-electron chi connectivity index (χ0n) is 10.1. The lowest BCUT2D eigenvalue weighted by Gasteiger charge is -2.30. The average molecular weight is 266 g/mol. The maximum atomic E-state index is 12.1. The van der Waals surface area contributed by atoms with E-state index in [2.05, 4.69) is 0 Å². The fraction of sp³-hybridized carbons (Fsp3) is 0.429. The van der Waals surface area contributed by atoms with Gasteiger partial charge in [0.1, 0.15) is 6.29 Å². The van der Waals surface area contributed by atoms with Crippen molar-refractivity contribution in [1.29, 1.82) is 0 Å². The summed E-state index contributed by atoms with van der Waals surface area (Å²) in [5.74, 6) is 0.0943.